The lowest BCUT2D eigenvalue weighted by Gasteiger charge is -2.19. The van der Waals surface area contributed by atoms with Gasteiger partial charge in [-0.2, -0.15) is 0 Å². The monoisotopic (exact) mass is 244 g/mol. The Kier molecular flexibility index (Phi) is 2.39. The fourth-order valence-electron chi connectivity index (χ4n) is 4.20. The second-order valence-electron chi connectivity index (χ2n) is 5.95. The zero-order valence-electron chi connectivity index (χ0n) is 10.6. The summed E-state index contributed by atoms with van der Waals surface area (Å²) in [7, 11) is 0. The highest BCUT2D eigenvalue weighted by Gasteiger charge is 2.55. The van der Waals surface area contributed by atoms with Gasteiger partial charge in [-0.05, 0) is 47.8 Å². The fraction of sp³-hybridized carbons (Fsp3) is 0.600. The molecule has 0 saturated heterocycles. The van der Waals surface area contributed by atoms with Crippen molar-refractivity contribution in [3.8, 4) is 5.75 Å². The van der Waals surface area contributed by atoms with E-state index in [1.54, 1.807) is 0 Å². The van der Waals surface area contributed by atoms with Crippen molar-refractivity contribution in [3.05, 3.63) is 29.3 Å². The first kappa shape index (κ1) is 10.8. The number of rotatable bonds is 3. The van der Waals surface area contributed by atoms with Crippen molar-refractivity contribution < 1.29 is 4.74 Å². The van der Waals surface area contributed by atoms with Crippen LogP contribution < -0.4 is 16.0 Å². The molecule has 3 atom stereocenters. The van der Waals surface area contributed by atoms with E-state index in [9.17, 15) is 0 Å². The third-order valence-electron chi connectivity index (χ3n) is 5.11. The molecule has 3 nitrogen and oxygen atoms in total. The van der Waals surface area contributed by atoms with Gasteiger partial charge in [-0.15, -0.1) is 0 Å². The molecule has 3 unspecified atom stereocenters. The van der Waals surface area contributed by atoms with Gasteiger partial charge in [-0.1, -0.05) is 18.6 Å². The van der Waals surface area contributed by atoms with E-state index in [1.807, 2.05) is 0 Å². The van der Waals surface area contributed by atoms with Crippen LogP contribution in [0.1, 0.15) is 36.4 Å². The van der Waals surface area contributed by atoms with Crippen LogP contribution in [-0.2, 0) is 6.42 Å². The normalized spacial score (nSPS) is 33.7. The van der Waals surface area contributed by atoms with Crippen LogP contribution in [0.15, 0.2) is 18.2 Å². The molecule has 18 heavy (non-hydrogen) atoms. The summed E-state index contributed by atoms with van der Waals surface area (Å²) in [5, 5.41) is 0. The number of fused-ring (bicyclic) bond motifs is 2. The minimum atomic E-state index is 0.339. The Morgan fingerprint density at radius 3 is 2.89 bits per heavy atom. The second kappa shape index (κ2) is 3.97. The van der Waals surface area contributed by atoms with Gasteiger partial charge in [0.05, 0.1) is 6.61 Å². The predicted octanol–water partition coefficient (Wildman–Crippen LogP) is 2.17. The van der Waals surface area contributed by atoms with Crippen molar-refractivity contribution in [2.24, 2.45) is 23.6 Å². The fourth-order valence-corrected chi connectivity index (χ4v) is 4.20. The number of hydrazine groups is 1. The lowest BCUT2D eigenvalue weighted by atomic mass is 9.95. The van der Waals surface area contributed by atoms with Gasteiger partial charge in [0.25, 0.3) is 0 Å². The zero-order valence-corrected chi connectivity index (χ0v) is 10.6. The molecule has 3 N–H and O–H groups in total. The minimum absolute atomic E-state index is 0.339. The van der Waals surface area contributed by atoms with Crippen molar-refractivity contribution in [2.75, 3.05) is 6.61 Å². The molecule has 0 bridgehead atoms. The van der Waals surface area contributed by atoms with Crippen LogP contribution >= 0.6 is 0 Å². The summed E-state index contributed by atoms with van der Waals surface area (Å²) >= 11 is 0. The maximum absolute atomic E-state index is 5.81. The molecule has 1 aromatic rings. The Labute approximate surface area is 108 Å². The molecule has 3 heteroatoms. The Bertz CT molecular complexity index is 464. The van der Waals surface area contributed by atoms with Gasteiger partial charge >= 0.3 is 0 Å². The molecule has 4 rings (SSSR count). The van der Waals surface area contributed by atoms with Crippen molar-refractivity contribution in [2.45, 2.75) is 31.7 Å². The van der Waals surface area contributed by atoms with Gasteiger partial charge in [-0.25, -0.2) is 0 Å². The number of hydrogen-bond acceptors (Lipinski definition) is 3. The quantitative estimate of drug-likeness (QED) is 0.633. The lowest BCUT2D eigenvalue weighted by molar-refractivity contribution is 0.356. The van der Waals surface area contributed by atoms with E-state index in [2.05, 4.69) is 23.6 Å². The van der Waals surface area contributed by atoms with E-state index in [-0.39, 0.29) is 0 Å². The zero-order chi connectivity index (χ0) is 12.1. The number of benzene rings is 1. The summed E-state index contributed by atoms with van der Waals surface area (Å²) in [6.45, 7) is 0.828. The van der Waals surface area contributed by atoms with Gasteiger partial charge in [0.2, 0.25) is 0 Å². The summed E-state index contributed by atoms with van der Waals surface area (Å²) in [6, 6.07) is 6.93. The van der Waals surface area contributed by atoms with E-state index in [0.29, 0.717) is 6.04 Å². The van der Waals surface area contributed by atoms with Crippen molar-refractivity contribution >= 4 is 0 Å². The topological polar surface area (TPSA) is 47.3 Å². The molecule has 1 heterocycles. The largest absolute Gasteiger partial charge is 0.493 e. The molecule has 96 valence electrons. The number of ether oxygens (including phenoxy) is 1. The second-order valence-corrected chi connectivity index (χ2v) is 5.95. The molecule has 1 aromatic carbocycles. The van der Waals surface area contributed by atoms with Crippen molar-refractivity contribution in [3.63, 3.8) is 0 Å². The number of nitrogens with two attached hydrogens (primary N) is 1. The van der Waals surface area contributed by atoms with Crippen molar-refractivity contribution in [1.29, 1.82) is 0 Å². The smallest absolute Gasteiger partial charge is 0.122 e. The molecule has 0 radical (unpaired) electrons. The molecular formula is C15H20N2O. The van der Waals surface area contributed by atoms with Crippen LogP contribution in [0.25, 0.3) is 0 Å². The molecule has 2 fully saturated rings. The Hall–Kier alpha value is -1.06. The van der Waals surface area contributed by atoms with E-state index >= 15 is 0 Å². The molecular weight excluding hydrogens is 224 g/mol. The summed E-state index contributed by atoms with van der Waals surface area (Å²) in [5.41, 5.74) is 5.75. The standard InChI is InChI=1S/C15H20N2O/c16-17-15(14-11-2-1-3-12(11)14)10-4-5-13-9(8-10)6-7-18-13/h4-5,8,11-12,14-15,17H,1-3,6-7,16H2. The number of nitrogens with one attached hydrogen (secondary N) is 1. The Balaban J connectivity index is 1.61. The van der Waals surface area contributed by atoms with Gasteiger partial charge < -0.3 is 4.74 Å². The van der Waals surface area contributed by atoms with Crippen LogP contribution in [0.2, 0.25) is 0 Å². The Morgan fingerprint density at radius 1 is 1.28 bits per heavy atom. The van der Waals surface area contributed by atoms with E-state index < -0.39 is 0 Å². The molecule has 3 aliphatic rings. The molecule has 2 aliphatic carbocycles. The molecule has 1 aliphatic heterocycles. The van der Waals surface area contributed by atoms with Crippen molar-refractivity contribution in [1.82, 2.24) is 5.43 Å². The summed E-state index contributed by atoms with van der Waals surface area (Å²) in [4.78, 5) is 0. The average Bonchev–Trinajstić information content (AvgIpc) is 2.83. The van der Waals surface area contributed by atoms with Gasteiger partial charge in [0.15, 0.2) is 0 Å². The van der Waals surface area contributed by atoms with Crippen LogP contribution in [0, 0.1) is 17.8 Å². The highest BCUT2D eigenvalue weighted by Crippen LogP contribution is 2.62. The van der Waals surface area contributed by atoms with Gasteiger partial charge in [0, 0.05) is 12.5 Å². The summed E-state index contributed by atoms with van der Waals surface area (Å²) in [6.07, 6.45) is 5.27. The predicted molar refractivity (Wildman–Crippen MR) is 70.0 cm³/mol. The first-order chi connectivity index (χ1) is 8.88. The van der Waals surface area contributed by atoms with Gasteiger partial charge in [-0.3, -0.25) is 11.3 Å². The Morgan fingerprint density at radius 2 is 2.11 bits per heavy atom. The highest BCUT2D eigenvalue weighted by molar-refractivity contribution is 5.41. The first-order valence-electron chi connectivity index (χ1n) is 7.10. The van der Waals surface area contributed by atoms with E-state index in [0.717, 1.165) is 36.5 Å². The first-order valence-corrected chi connectivity index (χ1v) is 7.10. The van der Waals surface area contributed by atoms with Crippen LogP contribution in [0.3, 0.4) is 0 Å². The maximum Gasteiger partial charge on any atom is 0.122 e. The molecule has 0 aromatic heterocycles. The molecule has 0 spiro atoms. The van der Waals surface area contributed by atoms with E-state index in [4.69, 9.17) is 10.6 Å². The van der Waals surface area contributed by atoms with Crippen LogP contribution in [0.4, 0.5) is 0 Å². The van der Waals surface area contributed by atoms with Gasteiger partial charge in [0.1, 0.15) is 5.75 Å². The van der Waals surface area contributed by atoms with Crippen LogP contribution in [0.5, 0.6) is 5.75 Å². The third kappa shape index (κ3) is 1.50. The molecule has 0 amide bonds. The average molecular weight is 244 g/mol. The maximum atomic E-state index is 5.81. The summed E-state index contributed by atoms with van der Waals surface area (Å²) < 4.78 is 5.57. The van der Waals surface area contributed by atoms with E-state index in [1.165, 1.54) is 30.4 Å². The summed E-state index contributed by atoms with van der Waals surface area (Å²) in [5.74, 6) is 9.49. The van der Waals surface area contributed by atoms with Crippen LogP contribution in [-0.4, -0.2) is 6.61 Å². The molecule has 2 saturated carbocycles. The minimum Gasteiger partial charge on any atom is -0.493 e. The highest BCUT2D eigenvalue weighted by atomic mass is 16.5. The SMILES string of the molecule is NNC(c1ccc2c(c1)CCO2)C1C2CCCC21. The number of hydrogen-bond donors (Lipinski definition) is 2. The lowest BCUT2D eigenvalue weighted by Crippen LogP contribution is -2.30. The third-order valence-corrected chi connectivity index (χ3v) is 5.11.